The molecule has 0 aliphatic rings. The SMILES string of the molecule is CCCCCCCCCc1cnc(-c2ccc(OCC)cc2)nc1F. The van der Waals surface area contributed by atoms with Gasteiger partial charge >= 0.3 is 0 Å². The number of hydrogen-bond acceptors (Lipinski definition) is 3. The second kappa shape index (κ2) is 10.8. The van der Waals surface area contributed by atoms with Gasteiger partial charge in [0, 0.05) is 17.3 Å². The zero-order chi connectivity index (χ0) is 17.9. The second-order valence-electron chi connectivity index (χ2n) is 6.34. The Bertz CT molecular complexity index is 628. The highest BCUT2D eigenvalue weighted by Gasteiger charge is 2.08. The van der Waals surface area contributed by atoms with E-state index in [1.807, 2.05) is 31.2 Å². The van der Waals surface area contributed by atoms with Gasteiger partial charge < -0.3 is 4.74 Å². The quantitative estimate of drug-likeness (QED) is 0.372. The third kappa shape index (κ3) is 6.45. The first-order valence-corrected chi connectivity index (χ1v) is 9.49. The Hall–Kier alpha value is -1.97. The summed E-state index contributed by atoms with van der Waals surface area (Å²) in [6.45, 7) is 4.79. The van der Waals surface area contributed by atoms with E-state index in [1.165, 1.54) is 32.1 Å². The molecule has 0 N–H and O–H groups in total. The fourth-order valence-corrected chi connectivity index (χ4v) is 2.83. The normalized spacial score (nSPS) is 10.8. The minimum atomic E-state index is -0.398. The topological polar surface area (TPSA) is 35.0 Å². The maximum absolute atomic E-state index is 14.2. The van der Waals surface area contributed by atoms with Gasteiger partial charge in [0.2, 0.25) is 5.95 Å². The molecular weight excluding hydrogens is 315 g/mol. The van der Waals surface area contributed by atoms with Crippen LogP contribution in [-0.2, 0) is 6.42 Å². The van der Waals surface area contributed by atoms with E-state index in [1.54, 1.807) is 6.20 Å². The maximum Gasteiger partial charge on any atom is 0.219 e. The Morgan fingerprint density at radius 1 is 0.920 bits per heavy atom. The van der Waals surface area contributed by atoms with Crippen LogP contribution >= 0.6 is 0 Å². The van der Waals surface area contributed by atoms with E-state index < -0.39 is 5.95 Å². The number of unbranched alkanes of at least 4 members (excludes halogenated alkanes) is 6. The van der Waals surface area contributed by atoms with Crippen molar-refractivity contribution < 1.29 is 9.13 Å². The lowest BCUT2D eigenvalue weighted by atomic mass is 10.1. The van der Waals surface area contributed by atoms with Crippen LogP contribution in [0.15, 0.2) is 30.5 Å². The van der Waals surface area contributed by atoms with E-state index in [2.05, 4.69) is 16.9 Å². The van der Waals surface area contributed by atoms with Crippen molar-refractivity contribution in [2.24, 2.45) is 0 Å². The lowest BCUT2D eigenvalue weighted by Gasteiger charge is -2.06. The Kier molecular flexibility index (Phi) is 8.36. The molecule has 2 rings (SSSR count). The van der Waals surface area contributed by atoms with Crippen molar-refractivity contribution in [2.45, 2.75) is 65.2 Å². The Morgan fingerprint density at radius 2 is 1.60 bits per heavy atom. The van der Waals surface area contributed by atoms with Gasteiger partial charge in [-0.05, 0) is 44.0 Å². The van der Waals surface area contributed by atoms with E-state index in [4.69, 9.17) is 4.74 Å². The first-order chi connectivity index (χ1) is 12.2. The van der Waals surface area contributed by atoms with E-state index in [0.29, 0.717) is 24.4 Å². The molecule has 0 aliphatic carbocycles. The highest BCUT2D eigenvalue weighted by atomic mass is 19.1. The standard InChI is InChI=1S/C21H29FN2O/c1-3-5-6-7-8-9-10-11-18-16-23-21(24-20(18)22)17-12-14-19(15-13-17)25-4-2/h12-16H,3-11H2,1-2H3. The molecule has 0 spiro atoms. The number of hydrogen-bond donors (Lipinski definition) is 0. The average molecular weight is 344 g/mol. The zero-order valence-electron chi connectivity index (χ0n) is 15.4. The molecule has 0 saturated heterocycles. The Labute approximate surface area is 150 Å². The zero-order valence-corrected chi connectivity index (χ0v) is 15.4. The van der Waals surface area contributed by atoms with Gasteiger partial charge in [0.25, 0.3) is 0 Å². The summed E-state index contributed by atoms with van der Waals surface area (Å²) in [6, 6.07) is 7.42. The van der Waals surface area contributed by atoms with Crippen LogP contribution in [0.3, 0.4) is 0 Å². The van der Waals surface area contributed by atoms with Crippen molar-refractivity contribution in [1.29, 1.82) is 0 Å². The maximum atomic E-state index is 14.2. The van der Waals surface area contributed by atoms with Gasteiger partial charge in [-0.15, -0.1) is 0 Å². The Balaban J connectivity index is 1.85. The lowest BCUT2D eigenvalue weighted by molar-refractivity contribution is 0.340. The summed E-state index contributed by atoms with van der Waals surface area (Å²) in [7, 11) is 0. The van der Waals surface area contributed by atoms with Crippen LogP contribution < -0.4 is 4.74 Å². The highest BCUT2D eigenvalue weighted by molar-refractivity contribution is 5.56. The van der Waals surface area contributed by atoms with Crippen molar-refractivity contribution in [3.05, 3.63) is 42.0 Å². The number of halogens is 1. The molecular formula is C21H29FN2O. The highest BCUT2D eigenvalue weighted by Crippen LogP contribution is 2.20. The van der Waals surface area contributed by atoms with Crippen LogP contribution in [0.1, 0.15) is 64.4 Å². The molecule has 2 aromatic rings. The predicted octanol–water partition coefficient (Wildman–Crippen LogP) is 5.97. The molecule has 0 fully saturated rings. The van der Waals surface area contributed by atoms with Crippen molar-refractivity contribution in [3.8, 4) is 17.1 Å². The van der Waals surface area contributed by atoms with Gasteiger partial charge in [-0.2, -0.15) is 9.37 Å². The molecule has 1 aromatic heterocycles. The second-order valence-corrected chi connectivity index (χ2v) is 6.34. The lowest BCUT2D eigenvalue weighted by Crippen LogP contribution is -1.99. The number of rotatable bonds is 11. The molecule has 25 heavy (non-hydrogen) atoms. The molecule has 0 unspecified atom stereocenters. The summed E-state index contributed by atoms with van der Waals surface area (Å²) in [6.07, 6.45) is 10.9. The van der Waals surface area contributed by atoms with Crippen LogP contribution in [0.4, 0.5) is 4.39 Å². The first-order valence-electron chi connectivity index (χ1n) is 9.49. The molecule has 0 atom stereocenters. The minimum absolute atomic E-state index is 0.398. The number of aromatic nitrogens is 2. The summed E-state index contributed by atoms with van der Waals surface area (Å²) >= 11 is 0. The molecule has 0 aliphatic heterocycles. The van der Waals surface area contributed by atoms with Gasteiger partial charge in [-0.25, -0.2) is 4.98 Å². The van der Waals surface area contributed by atoms with E-state index in [-0.39, 0.29) is 0 Å². The van der Waals surface area contributed by atoms with Crippen molar-refractivity contribution >= 4 is 0 Å². The molecule has 0 amide bonds. The summed E-state index contributed by atoms with van der Waals surface area (Å²) in [5, 5.41) is 0. The molecule has 136 valence electrons. The molecule has 4 heteroatoms. The van der Waals surface area contributed by atoms with Crippen molar-refractivity contribution in [3.63, 3.8) is 0 Å². The van der Waals surface area contributed by atoms with Crippen LogP contribution in [0.2, 0.25) is 0 Å². The Morgan fingerprint density at radius 3 is 2.24 bits per heavy atom. The van der Waals surface area contributed by atoms with Gasteiger partial charge in [0.1, 0.15) is 5.75 Å². The molecule has 1 heterocycles. The summed E-state index contributed by atoms with van der Waals surface area (Å²) in [5.74, 6) is 0.816. The molecule has 0 bridgehead atoms. The summed E-state index contributed by atoms with van der Waals surface area (Å²) in [5.41, 5.74) is 1.41. The van der Waals surface area contributed by atoms with Gasteiger partial charge in [0.15, 0.2) is 5.82 Å². The fraction of sp³-hybridized carbons (Fsp3) is 0.524. The predicted molar refractivity (Wildman–Crippen MR) is 100 cm³/mol. The third-order valence-corrected chi connectivity index (χ3v) is 4.28. The van der Waals surface area contributed by atoms with Crippen molar-refractivity contribution in [2.75, 3.05) is 6.61 Å². The smallest absolute Gasteiger partial charge is 0.219 e. The number of benzene rings is 1. The van der Waals surface area contributed by atoms with Crippen LogP contribution in [0.5, 0.6) is 5.75 Å². The molecule has 0 saturated carbocycles. The summed E-state index contributed by atoms with van der Waals surface area (Å²) in [4.78, 5) is 8.37. The molecule has 1 aromatic carbocycles. The van der Waals surface area contributed by atoms with E-state index in [0.717, 1.165) is 24.2 Å². The number of nitrogens with zero attached hydrogens (tertiary/aromatic N) is 2. The van der Waals surface area contributed by atoms with Crippen LogP contribution in [-0.4, -0.2) is 16.6 Å². The average Bonchev–Trinajstić information content (AvgIpc) is 2.63. The van der Waals surface area contributed by atoms with Crippen LogP contribution in [0, 0.1) is 5.95 Å². The largest absolute Gasteiger partial charge is 0.494 e. The number of ether oxygens (including phenoxy) is 1. The van der Waals surface area contributed by atoms with E-state index >= 15 is 0 Å². The monoisotopic (exact) mass is 344 g/mol. The summed E-state index contributed by atoms with van der Waals surface area (Å²) < 4.78 is 19.6. The van der Waals surface area contributed by atoms with Gasteiger partial charge in [-0.1, -0.05) is 45.4 Å². The van der Waals surface area contributed by atoms with Gasteiger partial charge in [-0.3, -0.25) is 0 Å². The number of aryl methyl sites for hydroxylation is 1. The molecule has 3 nitrogen and oxygen atoms in total. The molecule has 0 radical (unpaired) electrons. The van der Waals surface area contributed by atoms with Crippen LogP contribution in [0.25, 0.3) is 11.4 Å². The van der Waals surface area contributed by atoms with Crippen molar-refractivity contribution in [1.82, 2.24) is 9.97 Å². The minimum Gasteiger partial charge on any atom is -0.494 e. The van der Waals surface area contributed by atoms with Gasteiger partial charge in [0.05, 0.1) is 6.61 Å². The fourth-order valence-electron chi connectivity index (χ4n) is 2.83. The van der Waals surface area contributed by atoms with E-state index in [9.17, 15) is 4.39 Å². The third-order valence-electron chi connectivity index (χ3n) is 4.28. The first kappa shape index (κ1) is 19.4.